The molecule has 5 heteroatoms. The Balaban J connectivity index is 2.27. The lowest BCUT2D eigenvalue weighted by atomic mass is 10.1. The number of nitrogens with one attached hydrogen (secondary N) is 1. The Morgan fingerprint density at radius 2 is 1.95 bits per heavy atom. The van der Waals surface area contributed by atoms with E-state index in [9.17, 15) is 5.11 Å². The zero-order valence-corrected chi connectivity index (χ0v) is 13.2. The Hall–Kier alpha value is -0.900. The largest absolute Gasteiger partial charge is 0.507 e. The number of aromatic hydroxyl groups is 1. The third-order valence-corrected chi connectivity index (χ3v) is 4.67. The lowest BCUT2D eigenvalue weighted by Gasteiger charge is -2.18. The third-order valence-electron chi connectivity index (χ3n) is 3.15. The van der Waals surface area contributed by atoms with E-state index in [0.717, 1.165) is 22.4 Å². The third kappa shape index (κ3) is 2.99. The molecule has 0 radical (unpaired) electrons. The maximum atomic E-state index is 9.94. The molecule has 0 fully saturated rings. The Morgan fingerprint density at radius 1 is 1.26 bits per heavy atom. The second kappa shape index (κ2) is 5.61. The van der Waals surface area contributed by atoms with Crippen molar-refractivity contribution >= 4 is 40.2 Å². The van der Waals surface area contributed by atoms with Crippen LogP contribution in [0.5, 0.6) is 5.75 Å². The number of anilines is 1. The number of phenolic OH excluding ortho intramolecular Hbond substituents is 1. The van der Waals surface area contributed by atoms with E-state index < -0.39 is 0 Å². The topological polar surface area (TPSA) is 32.3 Å². The second-order valence-electron chi connectivity index (χ2n) is 4.55. The summed E-state index contributed by atoms with van der Waals surface area (Å²) in [6.07, 6.45) is 0. The highest BCUT2D eigenvalue weighted by Crippen LogP contribution is 2.37. The number of hydrogen-bond donors (Lipinski definition) is 2. The maximum absolute atomic E-state index is 9.94. The van der Waals surface area contributed by atoms with Gasteiger partial charge in [-0.1, -0.05) is 29.3 Å². The van der Waals surface area contributed by atoms with Gasteiger partial charge in [-0.25, -0.2) is 0 Å². The van der Waals surface area contributed by atoms with Gasteiger partial charge in [-0.3, -0.25) is 0 Å². The van der Waals surface area contributed by atoms with E-state index in [2.05, 4.69) is 5.32 Å². The van der Waals surface area contributed by atoms with Crippen molar-refractivity contribution in [2.75, 3.05) is 5.32 Å². The van der Waals surface area contributed by atoms with Crippen LogP contribution in [0.3, 0.4) is 0 Å². The SMILES string of the molecule is Cc1ccc(NC(C)c2cc(Cl)sc2Cl)c(C)c1O. The van der Waals surface area contributed by atoms with Crippen LogP contribution < -0.4 is 5.32 Å². The highest BCUT2D eigenvalue weighted by molar-refractivity contribution is 7.20. The van der Waals surface area contributed by atoms with Gasteiger partial charge in [-0.05, 0) is 38.5 Å². The van der Waals surface area contributed by atoms with Gasteiger partial charge in [0.1, 0.15) is 5.75 Å². The summed E-state index contributed by atoms with van der Waals surface area (Å²) in [5, 5.41) is 13.3. The standard InChI is InChI=1S/C14H15Cl2NOS/c1-7-4-5-11(8(2)13(7)18)17-9(3)10-6-12(15)19-14(10)16/h4-6,9,17-18H,1-3H3. The van der Waals surface area contributed by atoms with Gasteiger partial charge in [0.15, 0.2) is 0 Å². The van der Waals surface area contributed by atoms with E-state index in [0.29, 0.717) is 14.4 Å². The zero-order valence-electron chi connectivity index (χ0n) is 10.9. The van der Waals surface area contributed by atoms with Crippen LogP contribution in [0.1, 0.15) is 29.7 Å². The molecule has 0 bridgehead atoms. The quantitative estimate of drug-likeness (QED) is 0.778. The predicted octanol–water partition coefficient (Wildman–Crippen LogP) is 5.55. The summed E-state index contributed by atoms with van der Waals surface area (Å²) in [5.41, 5.74) is 3.57. The van der Waals surface area contributed by atoms with Crippen LogP contribution in [0, 0.1) is 13.8 Å². The fourth-order valence-corrected chi connectivity index (χ4v) is 3.60. The Morgan fingerprint density at radius 3 is 2.53 bits per heavy atom. The van der Waals surface area contributed by atoms with Crippen LogP contribution in [0.2, 0.25) is 8.67 Å². The van der Waals surface area contributed by atoms with Crippen LogP contribution in [-0.4, -0.2) is 5.11 Å². The number of hydrogen-bond acceptors (Lipinski definition) is 3. The molecule has 0 saturated heterocycles. The molecule has 2 aromatic rings. The van der Waals surface area contributed by atoms with Crippen molar-refractivity contribution < 1.29 is 5.11 Å². The van der Waals surface area contributed by atoms with E-state index in [1.54, 1.807) is 0 Å². The molecule has 19 heavy (non-hydrogen) atoms. The van der Waals surface area contributed by atoms with Gasteiger partial charge in [0.25, 0.3) is 0 Å². The Bertz CT molecular complexity index is 610. The molecule has 2 N–H and O–H groups in total. The van der Waals surface area contributed by atoms with Crippen molar-refractivity contribution in [1.29, 1.82) is 0 Å². The minimum absolute atomic E-state index is 0.0251. The first-order chi connectivity index (χ1) is 8.90. The summed E-state index contributed by atoms with van der Waals surface area (Å²) in [6.45, 7) is 5.78. The summed E-state index contributed by atoms with van der Waals surface area (Å²) >= 11 is 13.5. The van der Waals surface area contributed by atoms with Gasteiger partial charge >= 0.3 is 0 Å². The number of thiophene rings is 1. The molecule has 0 saturated carbocycles. The summed E-state index contributed by atoms with van der Waals surface area (Å²) in [6, 6.07) is 5.75. The smallest absolute Gasteiger partial charge is 0.123 e. The number of benzene rings is 1. The molecule has 0 aliphatic carbocycles. The van der Waals surface area contributed by atoms with Gasteiger partial charge in [0.05, 0.1) is 14.7 Å². The summed E-state index contributed by atoms with van der Waals surface area (Å²) < 4.78 is 1.37. The lowest BCUT2D eigenvalue weighted by molar-refractivity contribution is 0.467. The molecule has 0 aliphatic rings. The summed E-state index contributed by atoms with van der Waals surface area (Å²) in [5.74, 6) is 0.326. The molecule has 1 heterocycles. The lowest BCUT2D eigenvalue weighted by Crippen LogP contribution is -2.07. The first-order valence-corrected chi connectivity index (χ1v) is 7.47. The van der Waals surface area contributed by atoms with Crippen molar-refractivity contribution in [2.24, 2.45) is 0 Å². The molecule has 0 aliphatic heterocycles. The molecule has 0 amide bonds. The predicted molar refractivity (Wildman–Crippen MR) is 84.0 cm³/mol. The van der Waals surface area contributed by atoms with Crippen molar-refractivity contribution in [3.05, 3.63) is 43.6 Å². The van der Waals surface area contributed by atoms with Crippen LogP contribution in [-0.2, 0) is 0 Å². The van der Waals surface area contributed by atoms with E-state index in [1.807, 2.05) is 39.0 Å². The number of phenols is 1. The normalized spacial score (nSPS) is 12.5. The molecule has 1 unspecified atom stereocenters. The average Bonchev–Trinajstić information content (AvgIpc) is 2.69. The van der Waals surface area contributed by atoms with Gasteiger partial charge < -0.3 is 10.4 Å². The van der Waals surface area contributed by atoms with E-state index in [4.69, 9.17) is 23.2 Å². The van der Waals surface area contributed by atoms with Crippen LogP contribution in [0.25, 0.3) is 0 Å². The zero-order chi connectivity index (χ0) is 14.2. The van der Waals surface area contributed by atoms with Crippen molar-refractivity contribution in [2.45, 2.75) is 26.8 Å². The molecular weight excluding hydrogens is 301 g/mol. The minimum atomic E-state index is 0.0251. The molecular formula is C14H15Cl2NOS. The maximum Gasteiger partial charge on any atom is 0.123 e. The number of halogens is 2. The molecule has 102 valence electrons. The van der Waals surface area contributed by atoms with Gasteiger partial charge in [0.2, 0.25) is 0 Å². The monoisotopic (exact) mass is 315 g/mol. The second-order valence-corrected chi connectivity index (χ2v) is 6.83. The van der Waals surface area contributed by atoms with E-state index in [-0.39, 0.29) is 6.04 Å². The van der Waals surface area contributed by atoms with Crippen molar-refractivity contribution in [3.8, 4) is 5.75 Å². The van der Waals surface area contributed by atoms with Crippen LogP contribution in [0.4, 0.5) is 5.69 Å². The molecule has 1 atom stereocenters. The first-order valence-electron chi connectivity index (χ1n) is 5.90. The highest BCUT2D eigenvalue weighted by atomic mass is 35.5. The molecule has 2 nitrogen and oxygen atoms in total. The molecule has 1 aromatic carbocycles. The van der Waals surface area contributed by atoms with Gasteiger partial charge in [-0.2, -0.15) is 0 Å². The van der Waals surface area contributed by atoms with Gasteiger partial charge in [-0.15, -0.1) is 11.3 Å². The Kier molecular flexibility index (Phi) is 4.29. The van der Waals surface area contributed by atoms with Crippen LogP contribution in [0.15, 0.2) is 18.2 Å². The summed E-state index contributed by atoms with van der Waals surface area (Å²) in [7, 11) is 0. The molecule has 1 aromatic heterocycles. The molecule has 2 rings (SSSR count). The van der Waals surface area contributed by atoms with Crippen LogP contribution >= 0.6 is 34.5 Å². The fraction of sp³-hybridized carbons (Fsp3) is 0.286. The highest BCUT2D eigenvalue weighted by Gasteiger charge is 2.15. The van der Waals surface area contributed by atoms with Crippen molar-refractivity contribution in [1.82, 2.24) is 0 Å². The van der Waals surface area contributed by atoms with Crippen molar-refractivity contribution in [3.63, 3.8) is 0 Å². The summed E-state index contributed by atoms with van der Waals surface area (Å²) in [4.78, 5) is 0. The number of aryl methyl sites for hydroxylation is 1. The molecule has 0 spiro atoms. The Labute approximate surface area is 127 Å². The van der Waals surface area contributed by atoms with E-state index >= 15 is 0 Å². The van der Waals surface area contributed by atoms with Gasteiger partial charge in [0, 0.05) is 16.8 Å². The first kappa shape index (κ1) is 14.5. The minimum Gasteiger partial charge on any atom is -0.507 e. The fourth-order valence-electron chi connectivity index (χ4n) is 1.95. The average molecular weight is 316 g/mol. The number of rotatable bonds is 3. The van der Waals surface area contributed by atoms with E-state index in [1.165, 1.54) is 11.3 Å².